The van der Waals surface area contributed by atoms with Gasteiger partial charge in [-0.1, -0.05) is 27.5 Å². The Hall–Kier alpha value is -0.0900. The Labute approximate surface area is 91.2 Å². The Balaban J connectivity index is 2.91. The van der Waals surface area contributed by atoms with Crippen LogP contribution in [0.2, 0.25) is 5.02 Å². The van der Waals surface area contributed by atoms with Crippen molar-refractivity contribution in [2.45, 2.75) is 6.04 Å². The van der Waals surface area contributed by atoms with Crippen LogP contribution in [0.3, 0.4) is 0 Å². The first-order chi connectivity index (χ1) is 6.15. The van der Waals surface area contributed by atoms with Gasteiger partial charge in [0.2, 0.25) is 0 Å². The largest absolute Gasteiger partial charge is 0.383 e. The Morgan fingerprint density at radius 3 is 2.92 bits per heavy atom. The molecule has 0 aromatic heterocycles. The van der Waals surface area contributed by atoms with Crippen molar-refractivity contribution in [3.8, 4) is 0 Å². The van der Waals surface area contributed by atoms with E-state index in [-0.39, 0.29) is 6.04 Å². The molecule has 0 saturated heterocycles. The maximum atomic E-state index is 5.86. The molecule has 0 aliphatic carbocycles. The monoisotopic (exact) mass is 263 g/mol. The predicted molar refractivity (Wildman–Crippen MR) is 58.0 cm³/mol. The second-order valence-electron chi connectivity index (χ2n) is 2.73. The zero-order valence-corrected chi connectivity index (χ0v) is 9.60. The summed E-state index contributed by atoms with van der Waals surface area (Å²) in [5.74, 6) is 0. The number of methoxy groups -OCH3 is 1. The summed E-state index contributed by atoms with van der Waals surface area (Å²) < 4.78 is 5.92. The van der Waals surface area contributed by atoms with E-state index in [0.29, 0.717) is 11.6 Å². The minimum atomic E-state index is -0.141. The molecule has 1 rings (SSSR count). The van der Waals surface area contributed by atoms with Crippen LogP contribution in [0.5, 0.6) is 0 Å². The highest BCUT2D eigenvalue weighted by atomic mass is 79.9. The molecule has 13 heavy (non-hydrogen) atoms. The predicted octanol–water partition coefficient (Wildman–Crippen LogP) is 2.75. The molecule has 1 aromatic rings. The average Bonchev–Trinajstić information content (AvgIpc) is 2.09. The van der Waals surface area contributed by atoms with Crippen molar-refractivity contribution in [2.24, 2.45) is 5.73 Å². The zero-order chi connectivity index (χ0) is 9.84. The standard InChI is InChI=1S/C9H11BrClNO/c1-13-5-9(12)7-4-6(11)2-3-8(7)10/h2-4,9H,5,12H2,1H3/t9-/m0/s1. The van der Waals surface area contributed by atoms with E-state index in [1.807, 2.05) is 18.2 Å². The second-order valence-corrected chi connectivity index (χ2v) is 4.02. The van der Waals surface area contributed by atoms with Crippen molar-refractivity contribution in [1.29, 1.82) is 0 Å². The van der Waals surface area contributed by atoms with Gasteiger partial charge in [-0.3, -0.25) is 0 Å². The topological polar surface area (TPSA) is 35.2 Å². The fourth-order valence-electron chi connectivity index (χ4n) is 1.07. The Kier molecular flexibility index (Phi) is 4.19. The van der Waals surface area contributed by atoms with Gasteiger partial charge in [0.15, 0.2) is 0 Å². The van der Waals surface area contributed by atoms with Gasteiger partial charge in [0, 0.05) is 16.6 Å². The van der Waals surface area contributed by atoms with Gasteiger partial charge in [-0.05, 0) is 23.8 Å². The number of rotatable bonds is 3. The van der Waals surface area contributed by atoms with E-state index in [4.69, 9.17) is 22.1 Å². The average molecular weight is 265 g/mol. The van der Waals surface area contributed by atoms with Gasteiger partial charge in [0.05, 0.1) is 12.6 Å². The Morgan fingerprint density at radius 1 is 1.62 bits per heavy atom. The molecule has 0 radical (unpaired) electrons. The van der Waals surface area contributed by atoms with Crippen LogP contribution in [0.25, 0.3) is 0 Å². The van der Waals surface area contributed by atoms with Crippen LogP contribution in [0.1, 0.15) is 11.6 Å². The molecule has 2 N–H and O–H groups in total. The summed E-state index contributed by atoms with van der Waals surface area (Å²) in [4.78, 5) is 0. The molecule has 4 heteroatoms. The molecule has 0 bridgehead atoms. The van der Waals surface area contributed by atoms with E-state index in [1.54, 1.807) is 7.11 Å². The number of nitrogens with two attached hydrogens (primary N) is 1. The smallest absolute Gasteiger partial charge is 0.0655 e. The number of benzene rings is 1. The quantitative estimate of drug-likeness (QED) is 0.911. The molecule has 0 heterocycles. The van der Waals surface area contributed by atoms with Crippen molar-refractivity contribution >= 4 is 27.5 Å². The minimum absolute atomic E-state index is 0.141. The fraction of sp³-hybridized carbons (Fsp3) is 0.333. The first kappa shape index (κ1) is 11.0. The van der Waals surface area contributed by atoms with Gasteiger partial charge in [0.1, 0.15) is 0 Å². The van der Waals surface area contributed by atoms with Gasteiger partial charge in [-0.25, -0.2) is 0 Å². The minimum Gasteiger partial charge on any atom is -0.383 e. The summed E-state index contributed by atoms with van der Waals surface area (Å²) in [6.07, 6.45) is 0. The molecular weight excluding hydrogens is 253 g/mol. The molecule has 0 unspecified atom stereocenters. The summed E-state index contributed by atoms with van der Waals surface area (Å²) in [6, 6.07) is 5.40. The van der Waals surface area contributed by atoms with Crippen molar-refractivity contribution in [1.82, 2.24) is 0 Å². The summed E-state index contributed by atoms with van der Waals surface area (Å²) in [7, 11) is 1.62. The number of hydrogen-bond acceptors (Lipinski definition) is 2. The number of halogens is 2. The molecule has 1 aromatic carbocycles. The van der Waals surface area contributed by atoms with Crippen LogP contribution in [0, 0.1) is 0 Å². The van der Waals surface area contributed by atoms with Crippen molar-refractivity contribution in [3.05, 3.63) is 33.3 Å². The number of ether oxygens (including phenoxy) is 1. The first-order valence-corrected chi connectivity index (χ1v) is 5.01. The molecule has 0 saturated carbocycles. The van der Waals surface area contributed by atoms with Gasteiger partial charge in [-0.2, -0.15) is 0 Å². The van der Waals surface area contributed by atoms with E-state index in [9.17, 15) is 0 Å². The van der Waals surface area contributed by atoms with Crippen molar-refractivity contribution < 1.29 is 4.74 Å². The molecule has 2 nitrogen and oxygen atoms in total. The van der Waals surface area contributed by atoms with Gasteiger partial charge in [-0.15, -0.1) is 0 Å². The maximum Gasteiger partial charge on any atom is 0.0655 e. The third kappa shape index (κ3) is 2.95. The van der Waals surface area contributed by atoms with Crippen LogP contribution in [-0.4, -0.2) is 13.7 Å². The third-order valence-electron chi connectivity index (χ3n) is 1.70. The van der Waals surface area contributed by atoms with Gasteiger partial charge >= 0.3 is 0 Å². The van der Waals surface area contributed by atoms with Crippen LogP contribution >= 0.6 is 27.5 Å². The van der Waals surface area contributed by atoms with E-state index >= 15 is 0 Å². The van der Waals surface area contributed by atoms with E-state index in [2.05, 4.69) is 15.9 Å². The Morgan fingerprint density at radius 2 is 2.31 bits per heavy atom. The molecular formula is C9H11BrClNO. The third-order valence-corrected chi connectivity index (χ3v) is 2.66. The van der Waals surface area contributed by atoms with Crippen LogP contribution in [-0.2, 0) is 4.74 Å². The molecule has 1 atom stereocenters. The van der Waals surface area contributed by atoms with Crippen molar-refractivity contribution in [2.75, 3.05) is 13.7 Å². The summed E-state index contributed by atoms with van der Waals surface area (Å²) in [5, 5.41) is 0.685. The van der Waals surface area contributed by atoms with Gasteiger partial charge < -0.3 is 10.5 Å². The van der Waals surface area contributed by atoms with E-state index in [1.165, 1.54) is 0 Å². The lowest BCUT2D eigenvalue weighted by Gasteiger charge is -2.12. The molecule has 0 amide bonds. The van der Waals surface area contributed by atoms with Crippen molar-refractivity contribution in [3.63, 3.8) is 0 Å². The lowest BCUT2D eigenvalue weighted by Crippen LogP contribution is -2.16. The lowest BCUT2D eigenvalue weighted by molar-refractivity contribution is 0.180. The maximum absolute atomic E-state index is 5.86. The van der Waals surface area contributed by atoms with E-state index in [0.717, 1.165) is 10.0 Å². The summed E-state index contributed by atoms with van der Waals surface area (Å²) in [5.41, 5.74) is 6.83. The van der Waals surface area contributed by atoms with Crippen LogP contribution in [0.15, 0.2) is 22.7 Å². The Bertz CT molecular complexity index is 293. The van der Waals surface area contributed by atoms with Crippen LogP contribution < -0.4 is 5.73 Å². The lowest BCUT2D eigenvalue weighted by atomic mass is 10.1. The summed E-state index contributed by atoms with van der Waals surface area (Å²) >= 11 is 9.25. The molecule has 0 aliphatic heterocycles. The summed E-state index contributed by atoms with van der Waals surface area (Å²) in [6.45, 7) is 0.485. The van der Waals surface area contributed by atoms with Crippen LogP contribution in [0.4, 0.5) is 0 Å². The van der Waals surface area contributed by atoms with E-state index < -0.39 is 0 Å². The molecule has 72 valence electrons. The highest BCUT2D eigenvalue weighted by Gasteiger charge is 2.09. The normalized spacial score (nSPS) is 12.9. The highest BCUT2D eigenvalue weighted by Crippen LogP contribution is 2.25. The first-order valence-electron chi connectivity index (χ1n) is 3.84. The number of hydrogen-bond donors (Lipinski definition) is 1. The molecule has 0 aliphatic rings. The SMILES string of the molecule is COC[C@H](N)c1cc(Cl)ccc1Br. The fourth-order valence-corrected chi connectivity index (χ4v) is 1.79. The zero-order valence-electron chi connectivity index (χ0n) is 7.26. The highest BCUT2D eigenvalue weighted by molar-refractivity contribution is 9.10. The second kappa shape index (κ2) is 4.96. The van der Waals surface area contributed by atoms with Gasteiger partial charge in [0.25, 0.3) is 0 Å². The molecule has 0 spiro atoms. The molecule has 0 fully saturated rings.